The molecule has 2 aliphatic heterocycles. The van der Waals surface area contributed by atoms with E-state index in [4.69, 9.17) is 18.9 Å². The Morgan fingerprint density at radius 3 is 1.78 bits per heavy atom. The van der Waals surface area contributed by atoms with Crippen molar-refractivity contribution in [3.8, 4) is 23.0 Å². The van der Waals surface area contributed by atoms with E-state index in [0.717, 1.165) is 112 Å². The van der Waals surface area contributed by atoms with Gasteiger partial charge in [0.25, 0.3) is 0 Å². The van der Waals surface area contributed by atoms with Crippen LogP contribution >= 0.6 is 0 Å². The molecule has 7 atom stereocenters. The Bertz CT molecular complexity index is 1860. The lowest BCUT2D eigenvalue weighted by atomic mass is 9.64. The summed E-state index contributed by atoms with van der Waals surface area (Å²) in [7, 11) is 0. The summed E-state index contributed by atoms with van der Waals surface area (Å²) in [4.78, 5) is 25.8. The Kier molecular flexibility index (Phi) is 14.1. The number of hydrogen-bond acceptors (Lipinski definition) is 10. The maximum absolute atomic E-state index is 12.9. The molecule has 0 bridgehead atoms. The van der Waals surface area contributed by atoms with Crippen LogP contribution in [0.1, 0.15) is 153 Å². The van der Waals surface area contributed by atoms with Crippen molar-refractivity contribution in [1.29, 1.82) is 0 Å². The third-order valence-corrected chi connectivity index (χ3v) is 13.2. The van der Waals surface area contributed by atoms with Crippen LogP contribution in [0.4, 0.5) is 0 Å². The number of aryl methyl sites for hydroxylation is 2. The summed E-state index contributed by atoms with van der Waals surface area (Å²) in [6.45, 7) is 11.5. The van der Waals surface area contributed by atoms with Gasteiger partial charge in [-0.25, -0.2) is 9.59 Å². The van der Waals surface area contributed by atoms with E-state index in [0.29, 0.717) is 23.0 Å². The van der Waals surface area contributed by atoms with Crippen LogP contribution in [0.25, 0.3) is 0 Å². The fraction of sp³-hybridized carbons (Fsp3) is 0.625. The highest BCUT2D eigenvalue weighted by Crippen LogP contribution is 2.57. The summed E-state index contributed by atoms with van der Waals surface area (Å²) in [5.74, 6) is 0.475. The van der Waals surface area contributed by atoms with Gasteiger partial charge in [-0.2, -0.15) is 0 Å². The maximum atomic E-state index is 12.9. The SMILES string of the molecule is CCCCCc1cc(OC(=O)[C@H](O)CO)c2c(c1)OC(C)(C)[C@@H]1CCC(CCC3(C)Oc4cc(CCCCC)cc(OC(=O)[C@@H](O)CO)c4[C@@H]4C=C(C)CC[C@H]43)=C[C@@H]21. The molecule has 4 N–H and O–H groups in total. The van der Waals surface area contributed by atoms with Gasteiger partial charge in [-0.15, -0.1) is 0 Å². The quantitative estimate of drug-likeness (QED) is 0.0532. The Hall–Kier alpha value is -3.70. The standard InChI is InChI=1S/C48H66O10/c1-7-9-11-13-31-23-40(56-46(54)38(52)28-50)44-34-22-30(16-18-35(34)47(4,5)57-41(44)25-31)19-20-48(6)36-17-15-29(3)21-33(36)43-39(55-45(53)37(51)27-49)24-32(14-12-10-8-2)26-42(43)58-48/h21-26,33-38,49-52H,7-20,27-28H2,1-6H3/t33-,34-,35-,36-,37+,38-,48?/m1/s1. The van der Waals surface area contributed by atoms with Crippen molar-refractivity contribution in [1.82, 2.24) is 0 Å². The molecule has 0 saturated carbocycles. The molecule has 2 aromatic carbocycles. The summed E-state index contributed by atoms with van der Waals surface area (Å²) in [5, 5.41) is 39.4. The number of esters is 2. The van der Waals surface area contributed by atoms with Gasteiger partial charge in [0.05, 0.1) is 13.2 Å². The Balaban J connectivity index is 1.34. The zero-order valence-corrected chi connectivity index (χ0v) is 35.5. The molecule has 0 amide bonds. The minimum atomic E-state index is -1.64. The first-order valence-electron chi connectivity index (χ1n) is 21.8. The predicted octanol–water partition coefficient (Wildman–Crippen LogP) is 8.33. The number of ether oxygens (including phenoxy) is 4. The molecule has 2 aromatic rings. The summed E-state index contributed by atoms with van der Waals surface area (Å²) in [6, 6.07) is 8.02. The van der Waals surface area contributed by atoms with Gasteiger partial charge in [0, 0.05) is 34.8 Å². The van der Waals surface area contributed by atoms with Crippen molar-refractivity contribution < 1.29 is 49.0 Å². The van der Waals surface area contributed by atoms with Gasteiger partial charge < -0.3 is 39.4 Å². The molecule has 0 radical (unpaired) electrons. The molecule has 1 unspecified atom stereocenters. The lowest BCUT2D eigenvalue weighted by molar-refractivity contribution is -0.146. The van der Waals surface area contributed by atoms with Crippen molar-refractivity contribution in [2.75, 3.05) is 13.2 Å². The molecule has 0 fully saturated rings. The first kappa shape index (κ1) is 43.9. The third-order valence-electron chi connectivity index (χ3n) is 13.2. The molecule has 0 saturated heterocycles. The van der Waals surface area contributed by atoms with Gasteiger partial charge in [0.2, 0.25) is 0 Å². The van der Waals surface area contributed by atoms with E-state index >= 15 is 0 Å². The average molecular weight is 803 g/mol. The van der Waals surface area contributed by atoms with Crippen molar-refractivity contribution in [3.63, 3.8) is 0 Å². The second-order valence-electron chi connectivity index (χ2n) is 18.0. The molecular formula is C48H66O10. The highest BCUT2D eigenvalue weighted by atomic mass is 16.6. The highest BCUT2D eigenvalue weighted by Gasteiger charge is 2.50. The first-order chi connectivity index (χ1) is 27.7. The van der Waals surface area contributed by atoms with Crippen molar-refractivity contribution >= 4 is 11.9 Å². The van der Waals surface area contributed by atoms with Gasteiger partial charge in [-0.05, 0) is 127 Å². The maximum Gasteiger partial charge on any atom is 0.342 e. The van der Waals surface area contributed by atoms with Crippen molar-refractivity contribution in [2.24, 2.45) is 11.8 Å². The monoisotopic (exact) mass is 802 g/mol. The summed E-state index contributed by atoms with van der Waals surface area (Å²) in [6.07, 6.45) is 14.4. The van der Waals surface area contributed by atoms with E-state index in [1.807, 2.05) is 12.1 Å². The second-order valence-corrected chi connectivity index (χ2v) is 18.0. The number of rotatable bonds is 17. The van der Waals surface area contributed by atoms with Crippen LogP contribution in [0.2, 0.25) is 0 Å². The van der Waals surface area contributed by atoms with Crippen LogP contribution in [-0.4, -0.2) is 69.0 Å². The minimum Gasteiger partial charge on any atom is -0.487 e. The Morgan fingerprint density at radius 2 is 1.24 bits per heavy atom. The molecule has 0 aromatic heterocycles. The van der Waals surface area contributed by atoms with Crippen LogP contribution in [0.15, 0.2) is 47.6 Å². The molecule has 0 spiro atoms. The van der Waals surface area contributed by atoms with E-state index in [9.17, 15) is 30.0 Å². The average Bonchev–Trinajstić information content (AvgIpc) is 3.18. The van der Waals surface area contributed by atoms with E-state index in [-0.39, 0.29) is 23.7 Å². The smallest absolute Gasteiger partial charge is 0.342 e. The lowest BCUT2D eigenvalue weighted by Gasteiger charge is -2.49. The lowest BCUT2D eigenvalue weighted by Crippen LogP contribution is -2.48. The minimum absolute atomic E-state index is 0.0628. The number of unbranched alkanes of at least 4 members (excludes halogenated alkanes) is 4. The molecule has 2 heterocycles. The van der Waals surface area contributed by atoms with Crippen LogP contribution in [0.5, 0.6) is 23.0 Å². The fourth-order valence-corrected chi connectivity index (χ4v) is 9.87. The van der Waals surface area contributed by atoms with Gasteiger partial charge >= 0.3 is 11.9 Å². The molecule has 6 rings (SSSR count). The van der Waals surface area contributed by atoms with E-state index in [1.165, 1.54) is 11.1 Å². The number of hydrogen-bond donors (Lipinski definition) is 4. The number of fused-ring (bicyclic) bond motifs is 6. The molecular weight excluding hydrogens is 737 g/mol. The van der Waals surface area contributed by atoms with E-state index in [2.05, 4.69) is 65.8 Å². The number of allylic oxidation sites excluding steroid dienone is 4. The fourth-order valence-electron chi connectivity index (χ4n) is 9.87. The van der Waals surface area contributed by atoms with Crippen LogP contribution < -0.4 is 18.9 Å². The Labute approximate surface area is 344 Å². The number of carbonyl (C=O) groups is 2. The highest BCUT2D eigenvalue weighted by molar-refractivity contribution is 5.79. The van der Waals surface area contributed by atoms with Gasteiger partial charge in [-0.1, -0.05) is 62.8 Å². The zero-order chi connectivity index (χ0) is 41.8. The topological polar surface area (TPSA) is 152 Å². The summed E-state index contributed by atoms with van der Waals surface area (Å²) >= 11 is 0. The largest absolute Gasteiger partial charge is 0.487 e. The van der Waals surface area contributed by atoms with Crippen LogP contribution in [-0.2, 0) is 22.4 Å². The van der Waals surface area contributed by atoms with Crippen LogP contribution in [0, 0.1) is 11.8 Å². The molecule has 4 aliphatic rings. The predicted molar refractivity (Wildman–Crippen MR) is 223 cm³/mol. The van der Waals surface area contributed by atoms with Gasteiger partial charge in [0.1, 0.15) is 34.2 Å². The molecule has 10 nitrogen and oxygen atoms in total. The molecule has 58 heavy (non-hydrogen) atoms. The number of carbonyl (C=O) groups excluding carboxylic acids is 2. The molecule has 2 aliphatic carbocycles. The zero-order valence-electron chi connectivity index (χ0n) is 35.5. The number of aliphatic hydroxyl groups is 4. The summed E-state index contributed by atoms with van der Waals surface area (Å²) < 4.78 is 25.6. The van der Waals surface area contributed by atoms with Crippen molar-refractivity contribution in [3.05, 3.63) is 69.8 Å². The third kappa shape index (κ3) is 9.51. The van der Waals surface area contributed by atoms with E-state index < -0.39 is 48.6 Å². The number of aliphatic hydroxyl groups excluding tert-OH is 4. The van der Waals surface area contributed by atoms with E-state index in [1.54, 1.807) is 0 Å². The second kappa shape index (κ2) is 18.7. The summed E-state index contributed by atoms with van der Waals surface area (Å²) in [5.41, 5.74) is 5.21. The molecule has 318 valence electrons. The van der Waals surface area contributed by atoms with Crippen molar-refractivity contribution in [2.45, 2.75) is 167 Å². The van der Waals surface area contributed by atoms with Gasteiger partial charge in [-0.3, -0.25) is 0 Å². The normalized spacial score (nSPS) is 25.3. The number of benzene rings is 2. The van der Waals surface area contributed by atoms with Gasteiger partial charge in [0.15, 0.2) is 12.2 Å². The molecule has 10 heteroatoms. The van der Waals surface area contributed by atoms with Crippen LogP contribution in [0.3, 0.4) is 0 Å². The first-order valence-corrected chi connectivity index (χ1v) is 21.8. The Morgan fingerprint density at radius 1 is 0.724 bits per heavy atom.